The highest BCUT2D eigenvalue weighted by Crippen LogP contribution is 2.30. The van der Waals surface area contributed by atoms with Crippen molar-refractivity contribution in [2.75, 3.05) is 6.54 Å². The smallest absolute Gasteiger partial charge is 0.123 e. The summed E-state index contributed by atoms with van der Waals surface area (Å²) in [6, 6.07) is 13.2. The van der Waals surface area contributed by atoms with Crippen molar-refractivity contribution in [3.8, 4) is 11.1 Å². The Labute approximate surface area is 129 Å². The Kier molecular flexibility index (Phi) is 3.43. The lowest BCUT2D eigenvalue weighted by molar-refractivity contribution is 0.597. The number of halogens is 1. The highest BCUT2D eigenvalue weighted by Gasteiger charge is 2.14. The van der Waals surface area contributed by atoms with E-state index >= 15 is 0 Å². The lowest BCUT2D eigenvalue weighted by Gasteiger charge is -2.11. The number of aromatic amines is 1. The molecule has 4 rings (SSSR count). The van der Waals surface area contributed by atoms with E-state index in [1.54, 1.807) is 12.1 Å². The summed E-state index contributed by atoms with van der Waals surface area (Å²) < 4.78 is 13.5. The van der Waals surface area contributed by atoms with Crippen LogP contribution >= 0.6 is 0 Å². The van der Waals surface area contributed by atoms with Crippen molar-refractivity contribution in [3.05, 3.63) is 59.5 Å². The summed E-state index contributed by atoms with van der Waals surface area (Å²) in [6.07, 6.45) is 3.55. The zero-order valence-electron chi connectivity index (χ0n) is 12.5. The van der Waals surface area contributed by atoms with Crippen molar-refractivity contribution in [3.63, 3.8) is 0 Å². The average Bonchev–Trinajstić information content (AvgIpc) is 2.83. The van der Waals surface area contributed by atoms with E-state index in [1.165, 1.54) is 41.1 Å². The SMILES string of the molecule is Fc1cccc(-c2ccc3[nH]c4c(c3c2)CNCCCC4)c1. The molecule has 0 saturated carbocycles. The van der Waals surface area contributed by atoms with E-state index in [4.69, 9.17) is 0 Å². The number of rotatable bonds is 1. The van der Waals surface area contributed by atoms with Crippen LogP contribution in [0.4, 0.5) is 4.39 Å². The van der Waals surface area contributed by atoms with Gasteiger partial charge >= 0.3 is 0 Å². The topological polar surface area (TPSA) is 27.8 Å². The highest BCUT2D eigenvalue weighted by molar-refractivity contribution is 5.89. The zero-order chi connectivity index (χ0) is 14.9. The summed E-state index contributed by atoms with van der Waals surface area (Å²) in [6.45, 7) is 1.98. The van der Waals surface area contributed by atoms with Gasteiger partial charge in [-0.25, -0.2) is 4.39 Å². The summed E-state index contributed by atoms with van der Waals surface area (Å²) in [5, 5.41) is 4.77. The first kappa shape index (κ1) is 13.5. The van der Waals surface area contributed by atoms with Crippen LogP contribution in [0.1, 0.15) is 24.1 Å². The van der Waals surface area contributed by atoms with Gasteiger partial charge in [-0.15, -0.1) is 0 Å². The van der Waals surface area contributed by atoms with Gasteiger partial charge < -0.3 is 10.3 Å². The van der Waals surface area contributed by atoms with Crippen LogP contribution in [-0.2, 0) is 13.0 Å². The first-order valence-electron chi connectivity index (χ1n) is 7.91. The Morgan fingerprint density at radius 3 is 2.77 bits per heavy atom. The Balaban J connectivity index is 1.84. The Hall–Kier alpha value is -2.13. The summed E-state index contributed by atoms with van der Waals surface area (Å²) >= 11 is 0. The van der Waals surface area contributed by atoms with Crippen molar-refractivity contribution in [2.45, 2.75) is 25.8 Å². The molecule has 0 aliphatic carbocycles. The van der Waals surface area contributed by atoms with Gasteiger partial charge in [0.25, 0.3) is 0 Å². The Bertz CT molecular complexity index is 819. The van der Waals surface area contributed by atoms with Crippen LogP contribution in [0, 0.1) is 5.82 Å². The molecule has 0 atom stereocenters. The lowest BCUT2D eigenvalue weighted by atomic mass is 10.0. The van der Waals surface area contributed by atoms with Crippen LogP contribution < -0.4 is 5.32 Å². The van der Waals surface area contributed by atoms with Gasteiger partial charge in [-0.2, -0.15) is 0 Å². The van der Waals surface area contributed by atoms with E-state index in [2.05, 4.69) is 28.5 Å². The molecule has 1 aromatic heterocycles. The number of nitrogens with one attached hydrogen (secondary N) is 2. The monoisotopic (exact) mass is 294 g/mol. The molecule has 0 saturated heterocycles. The summed E-state index contributed by atoms with van der Waals surface area (Å²) in [7, 11) is 0. The molecular formula is C19H19FN2. The van der Waals surface area contributed by atoms with Crippen molar-refractivity contribution in [1.82, 2.24) is 10.3 Å². The number of H-pyrrole nitrogens is 1. The molecule has 2 N–H and O–H groups in total. The fraction of sp³-hybridized carbons (Fsp3) is 0.263. The number of fused-ring (bicyclic) bond motifs is 3. The minimum absolute atomic E-state index is 0.191. The molecule has 22 heavy (non-hydrogen) atoms. The van der Waals surface area contributed by atoms with Gasteiger partial charge in [-0.05, 0) is 66.8 Å². The first-order chi connectivity index (χ1) is 10.8. The van der Waals surface area contributed by atoms with Crippen LogP contribution in [0.15, 0.2) is 42.5 Å². The summed E-state index contributed by atoms with van der Waals surface area (Å²) in [5.41, 5.74) is 5.88. The number of benzene rings is 2. The Morgan fingerprint density at radius 2 is 1.86 bits per heavy atom. The van der Waals surface area contributed by atoms with E-state index in [1.807, 2.05) is 6.07 Å². The molecule has 2 aromatic carbocycles. The van der Waals surface area contributed by atoms with Gasteiger partial charge in [0.2, 0.25) is 0 Å². The number of hydrogen-bond donors (Lipinski definition) is 2. The highest BCUT2D eigenvalue weighted by atomic mass is 19.1. The van der Waals surface area contributed by atoms with Gasteiger partial charge in [-0.1, -0.05) is 18.2 Å². The number of aryl methyl sites for hydroxylation is 1. The molecular weight excluding hydrogens is 275 g/mol. The van der Waals surface area contributed by atoms with Crippen molar-refractivity contribution >= 4 is 10.9 Å². The van der Waals surface area contributed by atoms with E-state index < -0.39 is 0 Å². The van der Waals surface area contributed by atoms with Crippen molar-refractivity contribution in [2.24, 2.45) is 0 Å². The maximum atomic E-state index is 13.5. The molecule has 0 radical (unpaired) electrons. The van der Waals surface area contributed by atoms with E-state index in [0.717, 1.165) is 30.6 Å². The van der Waals surface area contributed by atoms with E-state index in [0.29, 0.717) is 0 Å². The third kappa shape index (κ3) is 2.42. The number of aromatic nitrogens is 1. The minimum Gasteiger partial charge on any atom is -0.358 e. The van der Waals surface area contributed by atoms with Crippen molar-refractivity contribution < 1.29 is 4.39 Å². The van der Waals surface area contributed by atoms with E-state index in [9.17, 15) is 4.39 Å². The van der Waals surface area contributed by atoms with Crippen LogP contribution in [0.2, 0.25) is 0 Å². The maximum absolute atomic E-state index is 13.5. The minimum atomic E-state index is -0.191. The van der Waals surface area contributed by atoms with Crippen molar-refractivity contribution in [1.29, 1.82) is 0 Å². The van der Waals surface area contributed by atoms with Gasteiger partial charge in [-0.3, -0.25) is 0 Å². The normalized spacial score (nSPS) is 15.3. The standard InChI is InChI=1S/C19H19FN2/c20-15-5-3-4-13(10-15)14-7-8-19-16(11-14)17-12-21-9-2-1-6-18(17)22-19/h3-5,7-8,10-11,21-22H,1-2,6,9,12H2. The molecule has 1 aliphatic rings. The van der Waals surface area contributed by atoms with Crippen LogP contribution in [0.5, 0.6) is 0 Å². The van der Waals surface area contributed by atoms with Gasteiger partial charge in [0.05, 0.1) is 0 Å². The molecule has 0 spiro atoms. The summed E-state index contributed by atoms with van der Waals surface area (Å²) in [4.78, 5) is 3.56. The third-order valence-electron chi connectivity index (χ3n) is 4.48. The zero-order valence-corrected chi connectivity index (χ0v) is 12.5. The molecule has 2 heterocycles. The Morgan fingerprint density at radius 1 is 0.955 bits per heavy atom. The average molecular weight is 294 g/mol. The second kappa shape index (κ2) is 5.58. The van der Waals surface area contributed by atoms with Gasteiger partial charge in [0.15, 0.2) is 0 Å². The molecule has 0 fully saturated rings. The second-order valence-electron chi connectivity index (χ2n) is 5.99. The van der Waals surface area contributed by atoms with E-state index in [-0.39, 0.29) is 5.82 Å². The molecule has 3 heteroatoms. The van der Waals surface area contributed by atoms with Crippen LogP contribution in [0.25, 0.3) is 22.0 Å². The number of hydrogen-bond acceptors (Lipinski definition) is 1. The largest absolute Gasteiger partial charge is 0.358 e. The molecule has 0 unspecified atom stereocenters. The molecule has 2 nitrogen and oxygen atoms in total. The predicted octanol–water partition coefficient (Wildman–Crippen LogP) is 4.40. The molecule has 0 amide bonds. The third-order valence-corrected chi connectivity index (χ3v) is 4.48. The fourth-order valence-corrected chi connectivity index (χ4v) is 3.33. The molecule has 1 aliphatic heterocycles. The second-order valence-corrected chi connectivity index (χ2v) is 5.99. The van der Waals surface area contributed by atoms with Gasteiger partial charge in [0, 0.05) is 23.1 Å². The predicted molar refractivity (Wildman–Crippen MR) is 88.3 cm³/mol. The molecule has 0 bridgehead atoms. The van der Waals surface area contributed by atoms with Crippen LogP contribution in [-0.4, -0.2) is 11.5 Å². The molecule has 112 valence electrons. The first-order valence-corrected chi connectivity index (χ1v) is 7.91. The molecule has 3 aromatic rings. The fourth-order valence-electron chi connectivity index (χ4n) is 3.33. The van der Waals surface area contributed by atoms with Crippen LogP contribution in [0.3, 0.4) is 0 Å². The summed E-state index contributed by atoms with van der Waals surface area (Å²) in [5.74, 6) is -0.191. The maximum Gasteiger partial charge on any atom is 0.123 e. The lowest BCUT2D eigenvalue weighted by Crippen LogP contribution is -2.18. The van der Waals surface area contributed by atoms with Gasteiger partial charge in [0.1, 0.15) is 5.82 Å². The quantitative estimate of drug-likeness (QED) is 0.684.